The molecule has 4 heteroatoms. The second kappa shape index (κ2) is 4.09. The Bertz CT molecular complexity index is 316. The van der Waals surface area contributed by atoms with E-state index in [4.69, 9.17) is 4.74 Å². The van der Waals surface area contributed by atoms with Gasteiger partial charge in [-0.25, -0.2) is 0 Å². The first-order valence-corrected chi connectivity index (χ1v) is 4.43. The smallest absolute Gasteiger partial charge is 0.309 e. The molecule has 0 spiro atoms. The molecule has 0 aromatic heterocycles. The zero-order valence-electron chi connectivity index (χ0n) is 8.65. The summed E-state index contributed by atoms with van der Waals surface area (Å²) in [5, 5.41) is 0. The van der Waals surface area contributed by atoms with Crippen LogP contribution in [0.25, 0.3) is 0 Å². The summed E-state index contributed by atoms with van der Waals surface area (Å²) in [6, 6.07) is 0.293. The number of nitrogens with zero attached hydrogens (tertiary/aromatic N) is 2. The summed E-state index contributed by atoms with van der Waals surface area (Å²) in [5.41, 5.74) is 0. The molecule has 76 valence electrons. The van der Waals surface area contributed by atoms with E-state index < -0.39 is 0 Å². The van der Waals surface area contributed by atoms with E-state index in [9.17, 15) is 4.79 Å². The first kappa shape index (κ1) is 10.5. The van der Waals surface area contributed by atoms with Crippen LogP contribution < -0.4 is 0 Å². The topological polar surface area (TPSA) is 41.9 Å². The van der Waals surface area contributed by atoms with Gasteiger partial charge in [-0.05, 0) is 13.8 Å². The molecule has 0 fully saturated rings. The Morgan fingerprint density at radius 3 is 2.71 bits per heavy atom. The van der Waals surface area contributed by atoms with E-state index in [0.29, 0.717) is 17.8 Å². The van der Waals surface area contributed by atoms with Crippen LogP contribution in [0.2, 0.25) is 0 Å². The van der Waals surface area contributed by atoms with Crippen molar-refractivity contribution in [1.82, 2.24) is 4.90 Å². The van der Waals surface area contributed by atoms with Crippen molar-refractivity contribution in [2.75, 3.05) is 0 Å². The lowest BCUT2D eigenvalue weighted by Crippen LogP contribution is -2.27. The van der Waals surface area contributed by atoms with Gasteiger partial charge in [0.15, 0.2) is 0 Å². The molecular weight excluding hydrogens is 180 g/mol. The van der Waals surface area contributed by atoms with Crippen molar-refractivity contribution in [2.45, 2.75) is 26.8 Å². The minimum absolute atomic E-state index is 0.291. The summed E-state index contributed by atoms with van der Waals surface area (Å²) in [6.07, 6.45) is 3.45. The predicted octanol–water partition coefficient (Wildman–Crippen LogP) is 1.66. The van der Waals surface area contributed by atoms with E-state index in [-0.39, 0.29) is 5.97 Å². The lowest BCUT2D eigenvalue weighted by molar-refractivity contribution is -0.132. The number of hydrogen-bond donors (Lipinski definition) is 0. The molecule has 4 nitrogen and oxygen atoms in total. The van der Waals surface area contributed by atoms with Crippen LogP contribution in [0.15, 0.2) is 29.7 Å². The third-order valence-electron chi connectivity index (χ3n) is 1.72. The fourth-order valence-corrected chi connectivity index (χ4v) is 1.13. The number of ether oxygens (including phenoxy) is 1. The zero-order chi connectivity index (χ0) is 10.7. The monoisotopic (exact) mass is 194 g/mol. The minimum atomic E-state index is -0.376. The van der Waals surface area contributed by atoms with Crippen molar-refractivity contribution in [3.05, 3.63) is 24.7 Å². The summed E-state index contributed by atoms with van der Waals surface area (Å²) in [7, 11) is 0. The molecule has 14 heavy (non-hydrogen) atoms. The molecule has 0 radical (unpaired) electrons. The van der Waals surface area contributed by atoms with Gasteiger partial charge in [0.25, 0.3) is 0 Å². The minimum Gasteiger partial charge on any atom is -0.408 e. The van der Waals surface area contributed by atoms with Crippen LogP contribution in [-0.4, -0.2) is 22.8 Å². The normalized spacial score (nSPS) is 15.9. The van der Waals surface area contributed by atoms with E-state index in [0.717, 1.165) is 0 Å². The largest absolute Gasteiger partial charge is 0.408 e. The second-order valence-electron chi connectivity index (χ2n) is 3.28. The SMILES string of the molecule is C=C1N=C(OC(C)=O)C=CN1C(C)C. The molecule has 0 saturated carbocycles. The summed E-state index contributed by atoms with van der Waals surface area (Å²) < 4.78 is 4.83. The van der Waals surface area contributed by atoms with Gasteiger partial charge in [-0.2, -0.15) is 4.99 Å². The maximum Gasteiger partial charge on any atom is 0.309 e. The van der Waals surface area contributed by atoms with Crippen molar-refractivity contribution in [1.29, 1.82) is 0 Å². The lowest BCUT2D eigenvalue weighted by Gasteiger charge is -2.26. The summed E-state index contributed by atoms with van der Waals surface area (Å²) in [5.74, 6) is 0.498. The third kappa shape index (κ3) is 2.45. The molecule has 0 amide bonds. The van der Waals surface area contributed by atoms with Crippen molar-refractivity contribution in [3.63, 3.8) is 0 Å². The Morgan fingerprint density at radius 2 is 2.29 bits per heavy atom. The molecular formula is C10H14N2O2. The van der Waals surface area contributed by atoms with Crippen molar-refractivity contribution in [3.8, 4) is 0 Å². The Morgan fingerprint density at radius 1 is 1.64 bits per heavy atom. The lowest BCUT2D eigenvalue weighted by atomic mass is 10.3. The van der Waals surface area contributed by atoms with Crippen LogP contribution in [0.4, 0.5) is 0 Å². The molecule has 0 bridgehead atoms. The number of rotatable bonds is 1. The number of carbonyl (C=O) groups is 1. The molecule has 0 atom stereocenters. The van der Waals surface area contributed by atoms with Crippen LogP contribution in [0.1, 0.15) is 20.8 Å². The van der Waals surface area contributed by atoms with Gasteiger partial charge in [0, 0.05) is 25.2 Å². The number of aliphatic imine (C=N–C) groups is 1. The van der Waals surface area contributed by atoms with Gasteiger partial charge in [0.05, 0.1) is 0 Å². The maximum atomic E-state index is 10.7. The van der Waals surface area contributed by atoms with E-state index in [1.54, 1.807) is 12.3 Å². The third-order valence-corrected chi connectivity index (χ3v) is 1.72. The first-order valence-electron chi connectivity index (χ1n) is 4.43. The molecule has 0 aromatic rings. The molecule has 0 aromatic carbocycles. The Labute approximate surface area is 83.6 Å². The molecule has 0 N–H and O–H groups in total. The van der Waals surface area contributed by atoms with Gasteiger partial charge >= 0.3 is 5.97 Å². The number of esters is 1. The molecule has 1 aliphatic heterocycles. The van der Waals surface area contributed by atoms with Crippen LogP contribution in [0, 0.1) is 0 Å². The van der Waals surface area contributed by atoms with E-state index >= 15 is 0 Å². The number of hydrogen-bond acceptors (Lipinski definition) is 4. The van der Waals surface area contributed by atoms with Gasteiger partial charge in [0.1, 0.15) is 5.82 Å². The van der Waals surface area contributed by atoms with Crippen LogP contribution in [0.3, 0.4) is 0 Å². The average molecular weight is 194 g/mol. The van der Waals surface area contributed by atoms with E-state index in [1.165, 1.54) is 6.92 Å². The highest BCUT2D eigenvalue weighted by Gasteiger charge is 2.14. The van der Waals surface area contributed by atoms with Crippen LogP contribution in [0.5, 0.6) is 0 Å². The van der Waals surface area contributed by atoms with Gasteiger partial charge in [0.2, 0.25) is 5.90 Å². The Balaban J connectivity index is 2.72. The molecule has 1 heterocycles. The first-order chi connectivity index (χ1) is 6.50. The summed E-state index contributed by atoms with van der Waals surface area (Å²) >= 11 is 0. The maximum absolute atomic E-state index is 10.7. The number of carbonyl (C=O) groups excluding carboxylic acids is 1. The van der Waals surface area contributed by atoms with Crippen molar-refractivity contribution >= 4 is 11.9 Å². The predicted molar refractivity (Wildman–Crippen MR) is 54.5 cm³/mol. The van der Waals surface area contributed by atoms with Gasteiger partial charge in [-0.3, -0.25) is 4.79 Å². The zero-order valence-corrected chi connectivity index (χ0v) is 8.65. The highest BCUT2D eigenvalue weighted by molar-refractivity contribution is 5.96. The summed E-state index contributed by atoms with van der Waals surface area (Å²) in [4.78, 5) is 16.6. The summed E-state index contributed by atoms with van der Waals surface area (Å²) in [6.45, 7) is 9.17. The van der Waals surface area contributed by atoms with Crippen molar-refractivity contribution < 1.29 is 9.53 Å². The molecule has 0 aliphatic carbocycles. The van der Waals surface area contributed by atoms with Crippen LogP contribution >= 0.6 is 0 Å². The highest BCUT2D eigenvalue weighted by Crippen LogP contribution is 2.14. The van der Waals surface area contributed by atoms with E-state index in [1.807, 2.05) is 18.7 Å². The van der Waals surface area contributed by atoms with Gasteiger partial charge in [-0.1, -0.05) is 6.58 Å². The van der Waals surface area contributed by atoms with Crippen molar-refractivity contribution in [2.24, 2.45) is 4.99 Å². The molecule has 0 saturated heterocycles. The molecule has 1 rings (SSSR count). The average Bonchev–Trinajstić information content (AvgIpc) is 2.01. The standard InChI is InChI=1S/C10H14N2O2/c1-7(2)12-6-5-10(11-8(12)3)14-9(4)13/h5-7H,3H2,1-2,4H3. The Kier molecular flexibility index (Phi) is 3.06. The van der Waals surface area contributed by atoms with Gasteiger partial charge in [-0.15, -0.1) is 0 Å². The van der Waals surface area contributed by atoms with E-state index in [2.05, 4.69) is 11.6 Å². The molecule has 1 aliphatic rings. The Hall–Kier alpha value is -1.58. The molecule has 0 unspecified atom stereocenters. The fraction of sp³-hybridized carbons (Fsp3) is 0.400. The van der Waals surface area contributed by atoms with Crippen LogP contribution in [-0.2, 0) is 9.53 Å². The fourth-order valence-electron chi connectivity index (χ4n) is 1.13. The van der Waals surface area contributed by atoms with Gasteiger partial charge < -0.3 is 9.64 Å². The second-order valence-corrected chi connectivity index (χ2v) is 3.28. The quantitative estimate of drug-likeness (QED) is 0.596. The highest BCUT2D eigenvalue weighted by atomic mass is 16.5.